The van der Waals surface area contributed by atoms with E-state index in [1.807, 2.05) is 18.2 Å². The van der Waals surface area contributed by atoms with Crippen molar-refractivity contribution in [3.63, 3.8) is 0 Å². The maximum absolute atomic E-state index is 12.5. The van der Waals surface area contributed by atoms with Gasteiger partial charge in [0.1, 0.15) is 11.7 Å². The second-order valence-electron chi connectivity index (χ2n) is 7.69. The van der Waals surface area contributed by atoms with Crippen molar-refractivity contribution in [3.8, 4) is 0 Å². The van der Waals surface area contributed by atoms with Crippen LogP contribution in [0.1, 0.15) is 43.0 Å². The summed E-state index contributed by atoms with van der Waals surface area (Å²) in [4.78, 5) is 12.5. The molecule has 1 aromatic carbocycles. The molecule has 0 radical (unpaired) electrons. The third-order valence-corrected chi connectivity index (χ3v) is 6.55. The van der Waals surface area contributed by atoms with E-state index in [-0.39, 0.29) is 29.2 Å². The Morgan fingerprint density at radius 2 is 1.92 bits per heavy atom. The number of rotatable bonds is 2. The predicted octanol–water partition coefficient (Wildman–Crippen LogP) is 2.69. The highest BCUT2D eigenvalue weighted by Crippen LogP contribution is 2.69. The van der Waals surface area contributed by atoms with Gasteiger partial charge in [-0.2, -0.15) is 0 Å². The molecule has 5 nitrogen and oxygen atoms in total. The Morgan fingerprint density at radius 1 is 1.17 bits per heavy atom. The molecule has 2 spiro atoms. The largest absolute Gasteiger partial charge is 0.458 e. The normalized spacial score (nSPS) is 41.7. The summed E-state index contributed by atoms with van der Waals surface area (Å²) in [6.07, 6.45) is 3.28. The molecule has 0 N–H and O–H groups in total. The molecule has 2 heterocycles. The first kappa shape index (κ1) is 14.9. The van der Waals surface area contributed by atoms with Crippen molar-refractivity contribution in [2.45, 2.75) is 56.2 Å². The van der Waals surface area contributed by atoms with Gasteiger partial charge in [0, 0.05) is 24.7 Å². The zero-order valence-corrected chi connectivity index (χ0v) is 13.8. The molecular weight excluding hydrogens is 308 g/mol. The van der Waals surface area contributed by atoms with Gasteiger partial charge in [-0.15, -0.1) is 0 Å². The van der Waals surface area contributed by atoms with Crippen LogP contribution in [0, 0.1) is 5.41 Å². The van der Waals surface area contributed by atoms with Gasteiger partial charge in [-0.3, -0.25) is 0 Å². The number of hydrogen-bond donors (Lipinski definition) is 0. The first-order valence-electron chi connectivity index (χ1n) is 8.79. The van der Waals surface area contributed by atoms with Crippen LogP contribution in [0.3, 0.4) is 0 Å². The van der Waals surface area contributed by atoms with Gasteiger partial charge in [0.25, 0.3) is 0 Å². The third-order valence-electron chi connectivity index (χ3n) is 6.55. The number of carbonyl (C=O) groups is 1. The lowest BCUT2D eigenvalue weighted by Crippen LogP contribution is -2.53. The van der Waals surface area contributed by atoms with E-state index in [1.54, 1.807) is 12.1 Å². The molecule has 4 fully saturated rings. The minimum absolute atomic E-state index is 0.109. The van der Waals surface area contributed by atoms with E-state index in [0.29, 0.717) is 18.8 Å². The number of esters is 1. The third kappa shape index (κ3) is 1.89. The van der Waals surface area contributed by atoms with Crippen LogP contribution in [0.25, 0.3) is 0 Å². The molecule has 0 bridgehead atoms. The summed E-state index contributed by atoms with van der Waals surface area (Å²) >= 11 is 0. The molecule has 128 valence electrons. The summed E-state index contributed by atoms with van der Waals surface area (Å²) < 4.78 is 23.8. The van der Waals surface area contributed by atoms with Crippen LogP contribution in [0.5, 0.6) is 0 Å². The van der Waals surface area contributed by atoms with E-state index in [4.69, 9.17) is 18.9 Å². The predicted molar refractivity (Wildman–Crippen MR) is 84.5 cm³/mol. The molecule has 1 aromatic rings. The molecule has 24 heavy (non-hydrogen) atoms. The Balaban J connectivity index is 1.37. The van der Waals surface area contributed by atoms with Gasteiger partial charge in [0.2, 0.25) is 0 Å². The monoisotopic (exact) mass is 330 g/mol. The van der Waals surface area contributed by atoms with Gasteiger partial charge in [0.15, 0.2) is 5.79 Å². The lowest BCUT2D eigenvalue weighted by Gasteiger charge is -2.46. The summed E-state index contributed by atoms with van der Waals surface area (Å²) in [6.45, 7) is 3.51. The number of hydrogen-bond acceptors (Lipinski definition) is 5. The summed E-state index contributed by atoms with van der Waals surface area (Å²) in [5, 5.41) is 0. The van der Waals surface area contributed by atoms with Gasteiger partial charge < -0.3 is 18.9 Å². The highest BCUT2D eigenvalue weighted by molar-refractivity contribution is 5.89. The number of ether oxygens (including phenoxy) is 4. The molecule has 4 atom stereocenters. The van der Waals surface area contributed by atoms with E-state index < -0.39 is 5.79 Å². The molecule has 2 aliphatic heterocycles. The van der Waals surface area contributed by atoms with Crippen LogP contribution in [0.4, 0.5) is 0 Å². The Labute approximate surface area is 141 Å². The van der Waals surface area contributed by atoms with Crippen molar-refractivity contribution in [1.29, 1.82) is 0 Å². The quantitative estimate of drug-likeness (QED) is 0.616. The fourth-order valence-electron chi connectivity index (χ4n) is 5.05. The molecule has 4 aliphatic rings. The molecule has 5 rings (SSSR count). The van der Waals surface area contributed by atoms with Crippen molar-refractivity contribution < 1.29 is 23.7 Å². The number of benzene rings is 1. The molecular formula is C19H22O5. The average molecular weight is 330 g/mol. The Kier molecular flexibility index (Phi) is 2.98. The molecule has 0 unspecified atom stereocenters. The summed E-state index contributed by atoms with van der Waals surface area (Å²) in [7, 11) is 0. The van der Waals surface area contributed by atoms with E-state index in [1.165, 1.54) is 0 Å². The summed E-state index contributed by atoms with van der Waals surface area (Å²) in [6, 6.07) is 9.20. The maximum atomic E-state index is 12.5. The van der Waals surface area contributed by atoms with Crippen LogP contribution >= 0.6 is 0 Å². The molecule has 2 aliphatic carbocycles. The van der Waals surface area contributed by atoms with Crippen molar-refractivity contribution in [3.05, 3.63) is 35.9 Å². The van der Waals surface area contributed by atoms with E-state index >= 15 is 0 Å². The standard InChI is InChI=1S/C19H22O5/c1-17-7-8-18(21-9-10-22-18)12-19(17)15(24-19)11-14(17)23-16(20)13-5-3-2-4-6-13/h2-6,14-15H,7-12H2,1H3/t14-,15-,17+,19-/m0/s1. The number of carbonyl (C=O) groups excluding carboxylic acids is 1. The first-order chi connectivity index (χ1) is 11.6. The topological polar surface area (TPSA) is 57.3 Å². The smallest absolute Gasteiger partial charge is 0.338 e. The van der Waals surface area contributed by atoms with Crippen LogP contribution in [-0.4, -0.2) is 42.8 Å². The zero-order chi connectivity index (χ0) is 16.4. The van der Waals surface area contributed by atoms with Gasteiger partial charge in [0.05, 0.1) is 24.9 Å². The Bertz CT molecular complexity index is 668. The summed E-state index contributed by atoms with van der Waals surface area (Å²) in [5.74, 6) is -0.723. The maximum Gasteiger partial charge on any atom is 0.338 e. The van der Waals surface area contributed by atoms with Crippen LogP contribution < -0.4 is 0 Å². The first-order valence-corrected chi connectivity index (χ1v) is 8.79. The lowest BCUT2D eigenvalue weighted by atomic mass is 9.65. The molecule has 0 amide bonds. The van der Waals surface area contributed by atoms with Crippen molar-refractivity contribution in [2.24, 2.45) is 5.41 Å². The SMILES string of the molecule is C[C@]12CCC3(C[C@@]14O[C@H]4C[C@@H]2OC(=O)c1ccccc1)OCCO3. The van der Waals surface area contributed by atoms with Crippen molar-refractivity contribution >= 4 is 5.97 Å². The fraction of sp³-hybridized carbons (Fsp3) is 0.632. The highest BCUT2D eigenvalue weighted by Gasteiger charge is 2.79. The molecule has 5 heteroatoms. The van der Waals surface area contributed by atoms with Crippen molar-refractivity contribution in [2.75, 3.05) is 13.2 Å². The Morgan fingerprint density at radius 3 is 2.67 bits per heavy atom. The zero-order valence-electron chi connectivity index (χ0n) is 13.8. The highest BCUT2D eigenvalue weighted by atomic mass is 16.7. The second kappa shape index (κ2) is 4.81. The van der Waals surface area contributed by atoms with Crippen LogP contribution in [0.2, 0.25) is 0 Å². The van der Waals surface area contributed by atoms with Gasteiger partial charge in [-0.25, -0.2) is 4.79 Å². The van der Waals surface area contributed by atoms with E-state index in [0.717, 1.165) is 25.7 Å². The Hall–Kier alpha value is -1.43. The van der Waals surface area contributed by atoms with Gasteiger partial charge >= 0.3 is 5.97 Å². The van der Waals surface area contributed by atoms with E-state index in [2.05, 4.69) is 6.92 Å². The van der Waals surface area contributed by atoms with Crippen LogP contribution in [0.15, 0.2) is 30.3 Å². The number of epoxide rings is 1. The minimum Gasteiger partial charge on any atom is -0.458 e. The molecule has 2 saturated carbocycles. The fourth-order valence-corrected chi connectivity index (χ4v) is 5.05. The van der Waals surface area contributed by atoms with Gasteiger partial charge in [-0.05, 0) is 18.6 Å². The minimum atomic E-state index is -0.480. The lowest BCUT2D eigenvalue weighted by molar-refractivity contribution is -0.218. The summed E-state index contributed by atoms with van der Waals surface area (Å²) in [5.41, 5.74) is 0.186. The van der Waals surface area contributed by atoms with Crippen LogP contribution in [-0.2, 0) is 18.9 Å². The van der Waals surface area contributed by atoms with Crippen molar-refractivity contribution in [1.82, 2.24) is 0 Å². The average Bonchev–Trinajstić information content (AvgIpc) is 2.98. The molecule has 0 aromatic heterocycles. The van der Waals surface area contributed by atoms with E-state index in [9.17, 15) is 4.79 Å². The second-order valence-corrected chi connectivity index (χ2v) is 7.69. The molecule has 2 saturated heterocycles. The van der Waals surface area contributed by atoms with Gasteiger partial charge in [-0.1, -0.05) is 25.1 Å².